The molecule has 2 N–H and O–H groups in total. The lowest BCUT2D eigenvalue weighted by Gasteiger charge is -2.12. The number of ether oxygens (including phenoxy) is 3. The van der Waals surface area contributed by atoms with Crippen molar-refractivity contribution in [2.24, 2.45) is 0 Å². The first-order chi connectivity index (χ1) is 13.6. The van der Waals surface area contributed by atoms with Crippen LogP contribution in [0.3, 0.4) is 0 Å². The molecule has 0 bridgehead atoms. The Kier molecular flexibility index (Phi) is 4.67. The molecule has 1 aliphatic heterocycles. The normalized spacial score (nSPS) is 11.8. The highest BCUT2D eigenvalue weighted by atomic mass is 16.7. The summed E-state index contributed by atoms with van der Waals surface area (Å²) in [6.07, 6.45) is 0. The number of rotatable bonds is 5. The molecule has 8 nitrogen and oxygen atoms in total. The van der Waals surface area contributed by atoms with Gasteiger partial charge in [0.05, 0.1) is 18.4 Å². The van der Waals surface area contributed by atoms with Crippen LogP contribution in [-0.2, 0) is 4.74 Å². The summed E-state index contributed by atoms with van der Waals surface area (Å²) in [6.45, 7) is 2.02. The van der Waals surface area contributed by atoms with E-state index in [1.165, 1.54) is 7.11 Å². The number of aryl methyl sites for hydroxylation is 1. The van der Waals surface area contributed by atoms with Crippen molar-refractivity contribution in [3.8, 4) is 11.5 Å². The third-order valence-electron chi connectivity index (χ3n) is 4.08. The van der Waals surface area contributed by atoms with E-state index in [-0.39, 0.29) is 6.79 Å². The van der Waals surface area contributed by atoms with Crippen molar-refractivity contribution in [3.63, 3.8) is 0 Å². The lowest BCUT2D eigenvalue weighted by molar-refractivity contribution is 0.0602. The fourth-order valence-corrected chi connectivity index (χ4v) is 2.84. The molecule has 0 aliphatic carbocycles. The number of benzene rings is 2. The van der Waals surface area contributed by atoms with Crippen LogP contribution in [0.1, 0.15) is 16.2 Å². The zero-order chi connectivity index (χ0) is 19.5. The predicted molar refractivity (Wildman–Crippen MR) is 104 cm³/mol. The molecule has 2 heterocycles. The number of carbonyl (C=O) groups is 1. The van der Waals surface area contributed by atoms with Crippen molar-refractivity contribution in [1.82, 2.24) is 9.97 Å². The summed E-state index contributed by atoms with van der Waals surface area (Å²) in [5.74, 6) is 2.69. The highest BCUT2D eigenvalue weighted by Crippen LogP contribution is 2.35. The van der Waals surface area contributed by atoms with Crippen LogP contribution >= 0.6 is 0 Å². The van der Waals surface area contributed by atoms with E-state index in [9.17, 15) is 4.79 Å². The number of carbonyl (C=O) groups excluding carboxylic acids is 1. The van der Waals surface area contributed by atoms with E-state index in [4.69, 9.17) is 14.2 Å². The zero-order valence-electron chi connectivity index (χ0n) is 15.4. The first-order valence-corrected chi connectivity index (χ1v) is 8.59. The van der Waals surface area contributed by atoms with Crippen LogP contribution in [0.25, 0.3) is 0 Å². The number of anilines is 4. The molecule has 142 valence electrons. The Bertz CT molecular complexity index is 1040. The van der Waals surface area contributed by atoms with Crippen molar-refractivity contribution in [2.45, 2.75) is 6.92 Å². The van der Waals surface area contributed by atoms with Crippen molar-refractivity contribution < 1.29 is 19.0 Å². The highest BCUT2D eigenvalue weighted by molar-refractivity contribution is 5.96. The van der Waals surface area contributed by atoms with E-state index in [0.29, 0.717) is 40.2 Å². The Labute approximate surface area is 161 Å². The van der Waals surface area contributed by atoms with Gasteiger partial charge < -0.3 is 24.8 Å². The highest BCUT2D eigenvalue weighted by Gasteiger charge is 2.15. The summed E-state index contributed by atoms with van der Waals surface area (Å²) in [5, 5.41) is 6.39. The van der Waals surface area contributed by atoms with Crippen molar-refractivity contribution in [3.05, 3.63) is 59.9 Å². The first-order valence-electron chi connectivity index (χ1n) is 8.59. The molecule has 1 aliphatic rings. The second-order valence-corrected chi connectivity index (χ2v) is 6.04. The molecule has 0 amide bonds. The Morgan fingerprint density at radius 3 is 2.57 bits per heavy atom. The van der Waals surface area contributed by atoms with Crippen LogP contribution in [0.5, 0.6) is 11.5 Å². The van der Waals surface area contributed by atoms with E-state index in [0.717, 1.165) is 5.69 Å². The predicted octanol–water partition coefficient (Wildman–Crippen LogP) is 3.79. The minimum Gasteiger partial charge on any atom is -0.465 e. The molecular weight excluding hydrogens is 360 g/mol. The fraction of sp³-hybridized carbons (Fsp3) is 0.150. The van der Waals surface area contributed by atoms with Gasteiger partial charge in [-0.2, -0.15) is 0 Å². The van der Waals surface area contributed by atoms with Crippen molar-refractivity contribution in [1.29, 1.82) is 0 Å². The van der Waals surface area contributed by atoms with Crippen LogP contribution in [0, 0.1) is 6.92 Å². The molecule has 0 unspecified atom stereocenters. The van der Waals surface area contributed by atoms with Crippen LogP contribution in [0.4, 0.5) is 23.0 Å². The largest absolute Gasteiger partial charge is 0.465 e. The number of hydrogen-bond donors (Lipinski definition) is 2. The zero-order valence-corrected chi connectivity index (χ0v) is 15.4. The molecule has 0 saturated heterocycles. The summed E-state index contributed by atoms with van der Waals surface area (Å²) >= 11 is 0. The maximum atomic E-state index is 12.0. The smallest absolute Gasteiger partial charge is 0.339 e. The Balaban J connectivity index is 1.59. The minimum absolute atomic E-state index is 0.221. The standard InChI is InChI=1S/C20H18N4O4/c1-12-21-18(23-13-7-8-16-17(9-13)28-11-27-16)10-19(22-12)24-15-6-4-3-5-14(15)20(25)26-2/h3-10H,11H2,1-2H3,(H2,21,22,23,24). The number of methoxy groups -OCH3 is 1. The number of esters is 1. The quantitative estimate of drug-likeness (QED) is 0.648. The Hall–Kier alpha value is -3.81. The average molecular weight is 378 g/mol. The minimum atomic E-state index is -0.424. The molecular formula is C20H18N4O4. The second-order valence-electron chi connectivity index (χ2n) is 6.04. The van der Waals surface area contributed by atoms with Gasteiger partial charge in [0.25, 0.3) is 0 Å². The van der Waals surface area contributed by atoms with Crippen LogP contribution < -0.4 is 20.1 Å². The molecule has 1 aromatic heterocycles. The second kappa shape index (κ2) is 7.43. The first kappa shape index (κ1) is 17.6. The maximum absolute atomic E-state index is 12.0. The number of nitrogens with one attached hydrogen (secondary N) is 2. The molecule has 28 heavy (non-hydrogen) atoms. The van der Waals surface area contributed by atoms with Crippen molar-refractivity contribution >= 4 is 29.0 Å². The number of aromatic nitrogens is 2. The lowest BCUT2D eigenvalue weighted by Crippen LogP contribution is -2.07. The van der Waals surface area contributed by atoms with Crippen LogP contribution in [0.15, 0.2) is 48.5 Å². The molecule has 0 saturated carbocycles. The lowest BCUT2D eigenvalue weighted by atomic mass is 10.2. The van der Waals surface area contributed by atoms with Gasteiger partial charge in [0.15, 0.2) is 11.5 Å². The molecule has 3 aromatic rings. The van der Waals surface area contributed by atoms with Crippen LogP contribution in [-0.4, -0.2) is 29.8 Å². The van der Waals surface area contributed by atoms with Crippen LogP contribution in [0.2, 0.25) is 0 Å². The fourth-order valence-electron chi connectivity index (χ4n) is 2.84. The average Bonchev–Trinajstić information content (AvgIpc) is 3.15. The summed E-state index contributed by atoms with van der Waals surface area (Å²) < 4.78 is 15.6. The van der Waals surface area contributed by atoms with E-state index in [1.807, 2.05) is 24.3 Å². The van der Waals surface area contributed by atoms with Gasteiger partial charge in [0.1, 0.15) is 17.5 Å². The monoisotopic (exact) mass is 378 g/mol. The van der Waals surface area contributed by atoms with E-state index < -0.39 is 5.97 Å². The Morgan fingerprint density at radius 2 is 1.75 bits per heavy atom. The summed E-state index contributed by atoms with van der Waals surface area (Å²) in [7, 11) is 1.35. The summed E-state index contributed by atoms with van der Waals surface area (Å²) in [5.41, 5.74) is 1.83. The van der Waals surface area contributed by atoms with Gasteiger partial charge in [0, 0.05) is 17.8 Å². The summed E-state index contributed by atoms with van der Waals surface area (Å²) in [6, 6.07) is 14.4. The Morgan fingerprint density at radius 1 is 1.00 bits per heavy atom. The molecule has 2 aromatic carbocycles. The van der Waals surface area contributed by atoms with Gasteiger partial charge >= 0.3 is 5.97 Å². The van der Waals surface area contributed by atoms with Gasteiger partial charge in [-0.1, -0.05) is 12.1 Å². The maximum Gasteiger partial charge on any atom is 0.339 e. The molecule has 0 atom stereocenters. The topological polar surface area (TPSA) is 94.6 Å². The molecule has 0 spiro atoms. The molecule has 8 heteroatoms. The van der Waals surface area contributed by atoms with Gasteiger partial charge in [0.2, 0.25) is 6.79 Å². The summed E-state index contributed by atoms with van der Waals surface area (Å²) in [4.78, 5) is 20.8. The SMILES string of the molecule is COC(=O)c1ccccc1Nc1cc(Nc2ccc3c(c2)OCO3)nc(C)n1. The molecule has 0 radical (unpaired) electrons. The number of para-hydroxylation sites is 1. The molecule has 0 fully saturated rings. The third-order valence-corrected chi connectivity index (χ3v) is 4.08. The molecule has 4 rings (SSSR count). The number of hydrogen-bond acceptors (Lipinski definition) is 8. The van der Waals surface area contributed by atoms with E-state index in [1.54, 1.807) is 31.2 Å². The van der Waals surface area contributed by atoms with Gasteiger partial charge in [-0.05, 0) is 31.2 Å². The van der Waals surface area contributed by atoms with E-state index >= 15 is 0 Å². The number of fused-ring (bicyclic) bond motifs is 1. The third kappa shape index (κ3) is 3.66. The van der Waals surface area contributed by atoms with Gasteiger partial charge in [-0.15, -0.1) is 0 Å². The van der Waals surface area contributed by atoms with Crippen molar-refractivity contribution in [2.75, 3.05) is 24.5 Å². The number of nitrogens with zero attached hydrogens (tertiary/aromatic N) is 2. The van der Waals surface area contributed by atoms with E-state index in [2.05, 4.69) is 20.6 Å². The van der Waals surface area contributed by atoms with Gasteiger partial charge in [-0.25, -0.2) is 14.8 Å². The van der Waals surface area contributed by atoms with Gasteiger partial charge in [-0.3, -0.25) is 0 Å².